The summed E-state index contributed by atoms with van der Waals surface area (Å²) in [6.07, 6.45) is 2.68. The van der Waals surface area contributed by atoms with E-state index in [0.717, 1.165) is 12.1 Å². The fourth-order valence-electron chi connectivity index (χ4n) is 2.33. The van der Waals surface area contributed by atoms with Crippen molar-refractivity contribution in [3.8, 4) is 0 Å². The SMILES string of the molecule is CC(N[S+]([O-])C(C)(C)C)C(CCO[Si](C)(C)C(C)(C)C)c1ccccn1. The van der Waals surface area contributed by atoms with Crippen LogP contribution in [-0.2, 0) is 15.8 Å². The van der Waals surface area contributed by atoms with Crippen LogP contribution in [0.2, 0.25) is 18.1 Å². The quantitative estimate of drug-likeness (QED) is 0.493. The lowest BCUT2D eigenvalue weighted by molar-refractivity contribution is 0.262. The maximum atomic E-state index is 12.5. The number of hydrogen-bond donors (Lipinski definition) is 1. The van der Waals surface area contributed by atoms with Crippen LogP contribution in [0.25, 0.3) is 0 Å². The third-order valence-corrected chi connectivity index (χ3v) is 11.5. The number of rotatable bonds is 8. The summed E-state index contributed by atoms with van der Waals surface area (Å²) in [5.74, 6) is 0.160. The number of pyridine rings is 1. The first-order chi connectivity index (χ1) is 11.8. The van der Waals surface area contributed by atoms with Crippen molar-refractivity contribution >= 4 is 19.7 Å². The first kappa shape index (κ1) is 23.6. The van der Waals surface area contributed by atoms with Gasteiger partial charge in [-0.1, -0.05) is 26.8 Å². The van der Waals surface area contributed by atoms with Crippen LogP contribution in [0.15, 0.2) is 24.4 Å². The largest absolute Gasteiger partial charge is 0.598 e. The van der Waals surface area contributed by atoms with Gasteiger partial charge >= 0.3 is 0 Å². The van der Waals surface area contributed by atoms with Crippen LogP contribution in [-0.4, -0.2) is 35.2 Å². The van der Waals surface area contributed by atoms with Crippen LogP contribution in [0.4, 0.5) is 0 Å². The van der Waals surface area contributed by atoms with Gasteiger partial charge in [-0.2, -0.15) is 0 Å². The molecule has 0 saturated heterocycles. The lowest BCUT2D eigenvalue weighted by Gasteiger charge is -2.37. The van der Waals surface area contributed by atoms with Crippen molar-refractivity contribution in [2.45, 2.75) is 89.7 Å². The molecule has 4 nitrogen and oxygen atoms in total. The van der Waals surface area contributed by atoms with Crippen LogP contribution in [0.5, 0.6) is 0 Å². The predicted molar refractivity (Wildman–Crippen MR) is 115 cm³/mol. The van der Waals surface area contributed by atoms with E-state index in [-0.39, 0.29) is 21.7 Å². The van der Waals surface area contributed by atoms with E-state index in [4.69, 9.17) is 4.43 Å². The topological polar surface area (TPSA) is 57.2 Å². The second kappa shape index (κ2) is 9.19. The number of hydrogen-bond acceptors (Lipinski definition) is 4. The highest BCUT2D eigenvalue weighted by Crippen LogP contribution is 2.37. The first-order valence-corrected chi connectivity index (χ1v) is 13.5. The molecular formula is C20H38N2O2SSi. The van der Waals surface area contributed by atoms with E-state index in [0.29, 0.717) is 6.61 Å². The van der Waals surface area contributed by atoms with E-state index in [9.17, 15) is 4.55 Å². The van der Waals surface area contributed by atoms with Gasteiger partial charge in [-0.25, -0.2) is 0 Å². The fourth-order valence-corrected chi connectivity index (χ4v) is 4.25. The van der Waals surface area contributed by atoms with Crippen molar-refractivity contribution in [3.63, 3.8) is 0 Å². The number of nitrogens with one attached hydrogen (secondary N) is 1. The molecule has 26 heavy (non-hydrogen) atoms. The Morgan fingerprint density at radius 1 is 1.19 bits per heavy atom. The van der Waals surface area contributed by atoms with Crippen LogP contribution in [0.1, 0.15) is 66.5 Å². The Bertz CT molecular complexity index is 541. The predicted octanol–water partition coefficient (Wildman–Crippen LogP) is 5.02. The molecule has 1 heterocycles. The third-order valence-electron chi connectivity index (χ3n) is 5.22. The molecule has 1 aromatic heterocycles. The molecule has 0 aliphatic carbocycles. The highest BCUT2D eigenvalue weighted by atomic mass is 32.2. The molecular weight excluding hydrogens is 360 g/mol. The molecule has 0 bridgehead atoms. The molecule has 0 aliphatic heterocycles. The second-order valence-electron chi connectivity index (χ2n) is 9.55. The molecule has 0 radical (unpaired) electrons. The summed E-state index contributed by atoms with van der Waals surface area (Å²) in [4.78, 5) is 4.55. The van der Waals surface area contributed by atoms with Crippen LogP contribution < -0.4 is 4.72 Å². The van der Waals surface area contributed by atoms with E-state index in [2.05, 4.69) is 56.6 Å². The van der Waals surface area contributed by atoms with Crippen LogP contribution in [0, 0.1) is 0 Å². The summed E-state index contributed by atoms with van der Waals surface area (Å²) in [5.41, 5.74) is 1.03. The van der Waals surface area contributed by atoms with Crippen molar-refractivity contribution in [2.24, 2.45) is 0 Å². The summed E-state index contributed by atoms with van der Waals surface area (Å²) in [5, 5.41) is 0.199. The zero-order chi connectivity index (χ0) is 20.2. The molecule has 1 rings (SSSR count). The molecule has 0 amide bonds. The van der Waals surface area contributed by atoms with Gasteiger partial charge in [0.2, 0.25) is 0 Å². The van der Waals surface area contributed by atoms with Crippen molar-refractivity contribution < 1.29 is 8.98 Å². The zero-order valence-electron chi connectivity index (χ0n) is 18.1. The monoisotopic (exact) mass is 398 g/mol. The van der Waals surface area contributed by atoms with Crippen LogP contribution >= 0.6 is 0 Å². The minimum atomic E-state index is -1.77. The molecule has 150 valence electrons. The van der Waals surface area contributed by atoms with E-state index in [1.807, 2.05) is 39.1 Å². The molecule has 3 atom stereocenters. The number of nitrogens with zero attached hydrogens (tertiary/aromatic N) is 1. The summed E-state index contributed by atoms with van der Waals surface area (Å²) in [6.45, 7) is 20.1. The summed E-state index contributed by atoms with van der Waals surface area (Å²) in [6, 6.07) is 6.04. The Labute approximate surface area is 165 Å². The minimum Gasteiger partial charge on any atom is -0.598 e. The van der Waals surface area contributed by atoms with Gasteiger partial charge in [0.15, 0.2) is 8.32 Å². The van der Waals surface area contributed by atoms with Crippen molar-refractivity contribution in [1.82, 2.24) is 9.71 Å². The zero-order valence-corrected chi connectivity index (χ0v) is 19.9. The van der Waals surface area contributed by atoms with E-state index in [1.165, 1.54) is 0 Å². The molecule has 0 aliphatic rings. The molecule has 0 spiro atoms. The Hall–Kier alpha value is -0.403. The summed E-state index contributed by atoms with van der Waals surface area (Å²) < 4.78 is 21.9. The van der Waals surface area contributed by atoms with Gasteiger partial charge in [-0.15, -0.1) is 4.72 Å². The Morgan fingerprint density at radius 3 is 2.27 bits per heavy atom. The molecule has 1 aromatic rings. The molecule has 0 aromatic carbocycles. The Balaban J connectivity index is 2.84. The molecule has 3 unspecified atom stereocenters. The van der Waals surface area contributed by atoms with E-state index in [1.54, 1.807) is 0 Å². The average Bonchev–Trinajstić information content (AvgIpc) is 2.50. The third kappa shape index (κ3) is 6.96. The van der Waals surface area contributed by atoms with Gasteiger partial charge in [0, 0.05) is 35.8 Å². The lowest BCUT2D eigenvalue weighted by Crippen LogP contribution is -2.46. The molecule has 0 fully saturated rings. The molecule has 1 N–H and O–H groups in total. The minimum absolute atomic E-state index is 0.0490. The second-order valence-corrected chi connectivity index (χ2v) is 16.4. The van der Waals surface area contributed by atoms with Gasteiger partial charge in [0.25, 0.3) is 0 Å². The maximum absolute atomic E-state index is 12.5. The Morgan fingerprint density at radius 2 is 1.81 bits per heavy atom. The van der Waals surface area contributed by atoms with Gasteiger partial charge < -0.3 is 8.98 Å². The lowest BCUT2D eigenvalue weighted by atomic mass is 9.94. The van der Waals surface area contributed by atoms with E-state index < -0.39 is 19.7 Å². The molecule has 6 heteroatoms. The van der Waals surface area contributed by atoms with Crippen molar-refractivity contribution in [1.29, 1.82) is 0 Å². The van der Waals surface area contributed by atoms with Crippen LogP contribution in [0.3, 0.4) is 0 Å². The van der Waals surface area contributed by atoms with Gasteiger partial charge in [-0.05, 0) is 64.4 Å². The maximum Gasteiger partial charge on any atom is 0.191 e. The first-order valence-electron chi connectivity index (χ1n) is 9.48. The van der Waals surface area contributed by atoms with Crippen molar-refractivity contribution in [2.75, 3.05) is 6.61 Å². The van der Waals surface area contributed by atoms with Gasteiger partial charge in [0.1, 0.15) is 4.75 Å². The van der Waals surface area contributed by atoms with Gasteiger partial charge in [0.05, 0.1) is 6.04 Å². The van der Waals surface area contributed by atoms with Crippen molar-refractivity contribution in [3.05, 3.63) is 30.1 Å². The highest BCUT2D eigenvalue weighted by Gasteiger charge is 2.37. The Kier molecular flexibility index (Phi) is 8.36. The molecule has 0 saturated carbocycles. The van der Waals surface area contributed by atoms with E-state index >= 15 is 0 Å². The summed E-state index contributed by atoms with van der Waals surface area (Å²) >= 11 is -1.11. The highest BCUT2D eigenvalue weighted by molar-refractivity contribution is 7.90. The fraction of sp³-hybridized carbons (Fsp3) is 0.750. The number of aromatic nitrogens is 1. The standard InChI is InChI=1S/C20H38N2O2SSi/c1-16(22-25(23)19(2,3)4)17(18-12-10-11-14-21-18)13-15-24-26(8,9)20(5,6)7/h10-12,14,16-17,22H,13,15H2,1-9H3. The normalized spacial score (nSPS) is 17.0. The smallest absolute Gasteiger partial charge is 0.191 e. The van der Waals surface area contributed by atoms with Gasteiger partial charge in [-0.3, -0.25) is 4.98 Å². The average molecular weight is 399 g/mol. The summed E-state index contributed by atoms with van der Waals surface area (Å²) in [7, 11) is -1.77.